The van der Waals surface area contributed by atoms with Gasteiger partial charge in [-0.15, -0.1) is 0 Å². The summed E-state index contributed by atoms with van der Waals surface area (Å²) in [4.78, 5) is 73.2. The lowest BCUT2D eigenvalue weighted by molar-refractivity contribution is -0.161. The fourth-order valence-electron chi connectivity index (χ4n) is 13.2. The van der Waals surface area contributed by atoms with Crippen molar-refractivity contribution in [2.45, 2.75) is 465 Å². The van der Waals surface area contributed by atoms with E-state index in [0.717, 1.165) is 108 Å². The van der Waals surface area contributed by atoms with Crippen LogP contribution in [0.4, 0.5) is 0 Å². The molecular formula is C85H166O17P2. The summed E-state index contributed by atoms with van der Waals surface area (Å²) in [5.41, 5.74) is 0. The molecule has 17 nitrogen and oxygen atoms in total. The van der Waals surface area contributed by atoms with Crippen molar-refractivity contribution in [2.24, 2.45) is 17.8 Å². The Labute approximate surface area is 638 Å². The maximum absolute atomic E-state index is 13.1. The first kappa shape index (κ1) is 102. The van der Waals surface area contributed by atoms with Gasteiger partial charge in [0, 0.05) is 25.7 Å². The second-order valence-electron chi connectivity index (χ2n) is 32.0. The summed E-state index contributed by atoms with van der Waals surface area (Å²) < 4.78 is 68.9. The van der Waals surface area contributed by atoms with Gasteiger partial charge in [0.1, 0.15) is 19.3 Å². The number of phosphoric ester groups is 2. The Morgan fingerprint density at radius 1 is 0.260 bits per heavy atom. The highest BCUT2D eigenvalue weighted by Gasteiger charge is 2.30. The quantitative estimate of drug-likeness (QED) is 0.0222. The lowest BCUT2D eigenvalue weighted by Gasteiger charge is -2.21. The normalized spacial score (nSPS) is 13.9. The van der Waals surface area contributed by atoms with Gasteiger partial charge in [-0.1, -0.05) is 395 Å². The number of aliphatic hydroxyl groups is 1. The van der Waals surface area contributed by atoms with Gasteiger partial charge in [0.25, 0.3) is 0 Å². The maximum Gasteiger partial charge on any atom is 0.472 e. The van der Waals surface area contributed by atoms with Gasteiger partial charge in [0.15, 0.2) is 12.2 Å². The van der Waals surface area contributed by atoms with E-state index in [-0.39, 0.29) is 25.7 Å². The van der Waals surface area contributed by atoms with Crippen LogP contribution in [0.15, 0.2) is 0 Å². The average Bonchev–Trinajstić information content (AvgIpc) is 0.902. The van der Waals surface area contributed by atoms with Crippen LogP contribution in [0.5, 0.6) is 0 Å². The van der Waals surface area contributed by atoms with E-state index in [2.05, 4.69) is 48.5 Å². The van der Waals surface area contributed by atoms with Crippen LogP contribution in [0.25, 0.3) is 0 Å². The molecule has 0 radical (unpaired) electrons. The van der Waals surface area contributed by atoms with Crippen molar-refractivity contribution in [3.63, 3.8) is 0 Å². The van der Waals surface area contributed by atoms with Crippen LogP contribution < -0.4 is 0 Å². The predicted octanol–water partition coefficient (Wildman–Crippen LogP) is 25.7. The zero-order chi connectivity index (χ0) is 76.5. The Bertz CT molecular complexity index is 2010. The molecule has 19 heteroatoms. The number of phosphoric acid groups is 2. The minimum absolute atomic E-state index is 0.107. The van der Waals surface area contributed by atoms with Crippen molar-refractivity contribution in [1.82, 2.24) is 0 Å². The monoisotopic (exact) mass is 1520 g/mol. The molecule has 0 heterocycles. The summed E-state index contributed by atoms with van der Waals surface area (Å²) >= 11 is 0. The van der Waals surface area contributed by atoms with Gasteiger partial charge in [-0.25, -0.2) is 9.13 Å². The van der Waals surface area contributed by atoms with Crippen LogP contribution >= 0.6 is 15.6 Å². The van der Waals surface area contributed by atoms with Crippen LogP contribution in [0.3, 0.4) is 0 Å². The topological polar surface area (TPSA) is 237 Å². The summed E-state index contributed by atoms with van der Waals surface area (Å²) in [7, 11) is -9.93. The number of carbonyl (C=O) groups excluding carboxylic acids is 4. The summed E-state index contributed by atoms with van der Waals surface area (Å²) in [6, 6.07) is 0. The summed E-state index contributed by atoms with van der Waals surface area (Å²) in [5.74, 6) is 0.225. The highest BCUT2D eigenvalue weighted by atomic mass is 31.2. The molecule has 618 valence electrons. The van der Waals surface area contributed by atoms with Gasteiger partial charge in [0.05, 0.1) is 26.4 Å². The van der Waals surface area contributed by atoms with Crippen molar-refractivity contribution in [3.8, 4) is 0 Å². The Kier molecular flexibility index (Phi) is 73.7. The van der Waals surface area contributed by atoms with Crippen LogP contribution in [0, 0.1) is 17.8 Å². The number of unbranched alkanes of at least 4 members (excludes halogenated alkanes) is 51. The van der Waals surface area contributed by atoms with E-state index in [9.17, 15) is 43.2 Å². The van der Waals surface area contributed by atoms with E-state index in [1.165, 1.54) is 257 Å². The second-order valence-corrected chi connectivity index (χ2v) is 34.9. The smallest absolute Gasteiger partial charge is 0.462 e. The third kappa shape index (κ3) is 78.2. The summed E-state index contributed by atoms with van der Waals surface area (Å²) in [6.45, 7) is 12.0. The minimum atomic E-state index is -4.97. The molecular weight excluding hydrogens is 1350 g/mol. The van der Waals surface area contributed by atoms with Crippen LogP contribution in [-0.4, -0.2) is 96.7 Å². The first-order valence-electron chi connectivity index (χ1n) is 43.8. The van der Waals surface area contributed by atoms with Gasteiger partial charge >= 0.3 is 39.5 Å². The molecule has 0 aliphatic rings. The lowest BCUT2D eigenvalue weighted by Crippen LogP contribution is -2.30. The molecule has 0 bridgehead atoms. The molecule has 0 amide bonds. The number of hydrogen-bond acceptors (Lipinski definition) is 15. The number of aliphatic hydroxyl groups excluding tert-OH is 1. The Morgan fingerprint density at radius 2 is 0.442 bits per heavy atom. The first-order valence-corrected chi connectivity index (χ1v) is 46.8. The maximum atomic E-state index is 13.1. The fraction of sp³-hybridized carbons (Fsp3) is 0.953. The molecule has 0 rings (SSSR count). The molecule has 0 aromatic heterocycles. The molecule has 0 saturated heterocycles. The van der Waals surface area contributed by atoms with Gasteiger partial charge in [0.2, 0.25) is 0 Å². The molecule has 0 fully saturated rings. The molecule has 104 heavy (non-hydrogen) atoms. The molecule has 0 spiro atoms. The van der Waals surface area contributed by atoms with E-state index in [1.54, 1.807) is 0 Å². The van der Waals surface area contributed by atoms with Gasteiger partial charge in [-0.05, 0) is 43.4 Å². The van der Waals surface area contributed by atoms with Crippen molar-refractivity contribution in [2.75, 3.05) is 39.6 Å². The molecule has 2 unspecified atom stereocenters. The number of hydrogen-bond donors (Lipinski definition) is 3. The van der Waals surface area contributed by atoms with Crippen molar-refractivity contribution in [1.29, 1.82) is 0 Å². The van der Waals surface area contributed by atoms with E-state index in [1.807, 2.05) is 0 Å². The van der Waals surface area contributed by atoms with Gasteiger partial charge < -0.3 is 33.8 Å². The van der Waals surface area contributed by atoms with Crippen LogP contribution in [0.2, 0.25) is 0 Å². The lowest BCUT2D eigenvalue weighted by atomic mass is 10.0. The highest BCUT2D eigenvalue weighted by molar-refractivity contribution is 7.47. The first-order chi connectivity index (χ1) is 50.2. The van der Waals surface area contributed by atoms with E-state index >= 15 is 0 Å². The van der Waals surface area contributed by atoms with Gasteiger partial charge in [-0.3, -0.25) is 37.3 Å². The second kappa shape index (κ2) is 75.1. The number of rotatable bonds is 83. The predicted molar refractivity (Wildman–Crippen MR) is 428 cm³/mol. The molecule has 5 atom stereocenters. The van der Waals surface area contributed by atoms with Crippen LogP contribution in [0.1, 0.15) is 447 Å². The average molecular weight is 1520 g/mol. The number of esters is 4. The SMILES string of the molecule is CCCCCCCCCCCCCCCCCCCCCC(=O)O[C@H](COC(=O)CCCCCCCCCCCCCCCCC(C)C)COP(=O)(O)OC[C@@H](O)COP(=O)(O)OC[C@@H](COC(=O)CCCCCCCCCCCC(C)C)OC(=O)CCCCCCCCCCCCCCCC(C)C. The third-order valence-electron chi connectivity index (χ3n) is 19.9. The molecule has 0 aliphatic heterocycles. The molecule has 3 N–H and O–H groups in total. The third-order valence-corrected chi connectivity index (χ3v) is 21.8. The van der Waals surface area contributed by atoms with Crippen molar-refractivity contribution >= 4 is 39.5 Å². The fourth-order valence-corrected chi connectivity index (χ4v) is 14.8. The minimum Gasteiger partial charge on any atom is -0.462 e. The number of carbonyl (C=O) groups is 4. The standard InChI is InChI=1S/C85H166O17P2/c1-8-9-10-11-12-13-14-15-16-17-18-19-20-27-32-39-47-54-61-68-84(89)101-80(72-95-82(87)66-59-52-45-38-31-26-22-21-24-29-35-42-49-56-63-76(2)3)74-99-103(91,92)97-70-79(86)71-98-104(93,94)100-75-81(73-96-83(88)67-60-53-46-41-34-37-44-51-58-65-78(6)7)102-85(90)69-62-55-48-40-33-28-23-25-30-36-43-50-57-64-77(4)5/h76-81,86H,8-75H2,1-7H3,(H,91,92)(H,93,94)/t79-,80-,81-/m1/s1. The zero-order valence-corrected chi connectivity index (χ0v) is 70.3. The van der Waals surface area contributed by atoms with E-state index < -0.39 is 97.5 Å². The Morgan fingerprint density at radius 3 is 0.654 bits per heavy atom. The number of ether oxygens (including phenoxy) is 4. The van der Waals surface area contributed by atoms with E-state index in [4.69, 9.17) is 37.0 Å². The molecule has 0 saturated carbocycles. The zero-order valence-electron chi connectivity index (χ0n) is 68.5. The van der Waals surface area contributed by atoms with Crippen molar-refractivity contribution < 1.29 is 80.2 Å². The molecule has 0 aliphatic carbocycles. The molecule has 0 aromatic rings. The van der Waals surface area contributed by atoms with Crippen LogP contribution in [-0.2, 0) is 65.4 Å². The largest absolute Gasteiger partial charge is 0.472 e. The summed E-state index contributed by atoms with van der Waals surface area (Å²) in [5, 5.41) is 10.7. The van der Waals surface area contributed by atoms with Crippen molar-refractivity contribution in [3.05, 3.63) is 0 Å². The van der Waals surface area contributed by atoms with Gasteiger partial charge in [-0.2, -0.15) is 0 Å². The van der Waals surface area contributed by atoms with E-state index in [0.29, 0.717) is 25.7 Å². The Balaban J connectivity index is 5.26. The highest BCUT2D eigenvalue weighted by Crippen LogP contribution is 2.45. The Hall–Kier alpha value is -1.94. The molecule has 0 aromatic carbocycles. The summed E-state index contributed by atoms with van der Waals surface area (Å²) in [6.07, 6.45) is 65.2.